The Balaban J connectivity index is 1.67. The number of alkyl halides is 3. The second-order valence-electron chi connectivity index (χ2n) is 5.86. The van der Waals surface area contributed by atoms with Crippen molar-refractivity contribution in [3.8, 4) is 5.75 Å². The minimum Gasteiger partial charge on any atom is -0.484 e. The van der Waals surface area contributed by atoms with E-state index in [1.54, 1.807) is 25.1 Å². The number of aromatic nitrogens is 3. The van der Waals surface area contributed by atoms with Gasteiger partial charge in [-0.05, 0) is 36.8 Å². The van der Waals surface area contributed by atoms with Crippen LogP contribution in [-0.4, -0.2) is 27.1 Å². The molecule has 0 bridgehead atoms. The van der Waals surface area contributed by atoms with Gasteiger partial charge in [-0.3, -0.25) is 9.20 Å². The molecule has 0 aliphatic rings. The number of nitrogens with zero attached hydrogens (tertiary/aromatic N) is 3. The van der Waals surface area contributed by atoms with E-state index < -0.39 is 23.3 Å². The Bertz CT molecular complexity index is 1040. The smallest absolute Gasteiger partial charge is 0.420 e. The number of ether oxygens (including phenoxy) is 1. The van der Waals surface area contributed by atoms with Crippen LogP contribution < -0.4 is 10.1 Å². The fourth-order valence-corrected chi connectivity index (χ4v) is 2.74. The van der Waals surface area contributed by atoms with E-state index in [9.17, 15) is 18.0 Å². The van der Waals surface area contributed by atoms with Crippen molar-refractivity contribution in [3.63, 3.8) is 0 Å². The van der Waals surface area contributed by atoms with Crippen LogP contribution in [0.5, 0.6) is 5.75 Å². The number of rotatable bonds is 5. The summed E-state index contributed by atoms with van der Waals surface area (Å²) in [4.78, 5) is 12.0. The maximum Gasteiger partial charge on any atom is 0.420 e. The number of carbonyl (C=O) groups excluding carboxylic acids is 1. The summed E-state index contributed by atoms with van der Waals surface area (Å²) in [5.74, 6) is 0.0766. The van der Waals surface area contributed by atoms with Gasteiger partial charge < -0.3 is 10.1 Å². The molecule has 2 heterocycles. The number of halogens is 5. The van der Waals surface area contributed by atoms with Crippen molar-refractivity contribution in [2.45, 2.75) is 19.6 Å². The molecule has 0 spiro atoms. The van der Waals surface area contributed by atoms with Crippen molar-refractivity contribution < 1.29 is 22.7 Å². The lowest BCUT2D eigenvalue weighted by atomic mass is 10.2. The number of nitrogens with one attached hydrogen (secondary N) is 1. The number of amides is 1. The molecule has 3 rings (SSSR count). The summed E-state index contributed by atoms with van der Waals surface area (Å²) in [5, 5.41) is 10.2. The molecule has 0 saturated carbocycles. The van der Waals surface area contributed by atoms with Crippen LogP contribution in [-0.2, 0) is 17.5 Å². The maximum atomic E-state index is 13.1. The van der Waals surface area contributed by atoms with Crippen LogP contribution in [0.25, 0.3) is 5.65 Å². The van der Waals surface area contributed by atoms with Crippen molar-refractivity contribution in [3.05, 3.63) is 57.5 Å². The molecule has 1 amide bonds. The number of pyridine rings is 1. The monoisotopic (exact) mass is 432 g/mol. The molecule has 0 fully saturated rings. The van der Waals surface area contributed by atoms with E-state index in [-0.39, 0.29) is 24.0 Å². The molecule has 2 aromatic heterocycles. The number of aryl methyl sites for hydroxylation is 1. The van der Waals surface area contributed by atoms with Crippen molar-refractivity contribution in [2.75, 3.05) is 6.61 Å². The predicted octanol–water partition coefficient (Wildman–Crippen LogP) is 4.06. The molecule has 11 heteroatoms. The molecule has 28 heavy (non-hydrogen) atoms. The van der Waals surface area contributed by atoms with Crippen LogP contribution in [0, 0.1) is 6.92 Å². The summed E-state index contributed by atoms with van der Waals surface area (Å²) in [6.45, 7) is 1.36. The second kappa shape index (κ2) is 7.84. The number of carbonyl (C=O) groups is 1. The first-order valence-corrected chi connectivity index (χ1v) is 8.67. The lowest BCUT2D eigenvalue weighted by Crippen LogP contribution is -2.29. The van der Waals surface area contributed by atoms with E-state index in [1.165, 1.54) is 6.20 Å². The van der Waals surface area contributed by atoms with Gasteiger partial charge in [-0.2, -0.15) is 13.2 Å². The molecule has 0 atom stereocenters. The number of hydrogen-bond donors (Lipinski definition) is 1. The summed E-state index contributed by atoms with van der Waals surface area (Å²) in [5.41, 5.74) is -0.604. The Morgan fingerprint density at radius 1 is 1.25 bits per heavy atom. The van der Waals surface area contributed by atoms with Crippen molar-refractivity contribution in [1.29, 1.82) is 0 Å². The molecule has 148 valence electrons. The van der Waals surface area contributed by atoms with Gasteiger partial charge in [0.05, 0.1) is 11.6 Å². The van der Waals surface area contributed by atoms with Gasteiger partial charge in [-0.25, -0.2) is 0 Å². The highest BCUT2D eigenvalue weighted by molar-refractivity contribution is 6.31. The van der Waals surface area contributed by atoms with E-state index in [0.717, 1.165) is 16.0 Å². The summed E-state index contributed by atoms with van der Waals surface area (Å²) < 4.78 is 45.8. The average Bonchev–Trinajstić information content (AvgIpc) is 3.02. The van der Waals surface area contributed by atoms with Crippen LogP contribution in [0.3, 0.4) is 0 Å². The van der Waals surface area contributed by atoms with E-state index in [0.29, 0.717) is 10.8 Å². The van der Waals surface area contributed by atoms with Crippen LogP contribution in [0.4, 0.5) is 13.2 Å². The standard InChI is InChI=1S/C17H13Cl2F3N4O2/c1-9-4-11(2-3-13(9)19)28-8-15(27)23-6-14-24-25-16-12(17(20,21)22)5-10(18)7-26(14)16/h2-5,7H,6,8H2,1H3,(H,23,27). The fourth-order valence-electron chi connectivity index (χ4n) is 2.42. The normalized spacial score (nSPS) is 11.6. The number of hydrogen-bond acceptors (Lipinski definition) is 4. The van der Waals surface area contributed by atoms with Gasteiger partial charge in [0.2, 0.25) is 0 Å². The first-order chi connectivity index (χ1) is 13.1. The highest BCUT2D eigenvalue weighted by atomic mass is 35.5. The van der Waals surface area contributed by atoms with Crippen LogP contribution >= 0.6 is 23.2 Å². The first kappa shape index (κ1) is 20.2. The molecule has 0 aliphatic heterocycles. The summed E-state index contributed by atoms with van der Waals surface area (Å²) in [7, 11) is 0. The third kappa shape index (κ3) is 4.48. The third-order valence-corrected chi connectivity index (χ3v) is 4.42. The number of fused-ring (bicyclic) bond motifs is 1. The minimum absolute atomic E-state index is 0.0960. The van der Waals surface area contributed by atoms with Gasteiger partial charge in [0.15, 0.2) is 18.1 Å². The summed E-state index contributed by atoms with van der Waals surface area (Å²) in [6.07, 6.45) is -3.38. The lowest BCUT2D eigenvalue weighted by Gasteiger charge is -2.10. The molecule has 6 nitrogen and oxygen atoms in total. The van der Waals surface area contributed by atoms with Gasteiger partial charge in [-0.15, -0.1) is 10.2 Å². The van der Waals surface area contributed by atoms with Crippen LogP contribution in [0.2, 0.25) is 10.0 Å². The average molecular weight is 433 g/mol. The molecule has 1 N–H and O–H groups in total. The van der Waals surface area contributed by atoms with Gasteiger partial charge in [0, 0.05) is 11.2 Å². The zero-order valence-corrected chi connectivity index (χ0v) is 15.9. The van der Waals surface area contributed by atoms with E-state index in [1.807, 2.05) is 0 Å². The van der Waals surface area contributed by atoms with Crippen molar-refractivity contribution in [2.24, 2.45) is 0 Å². The molecule has 3 aromatic rings. The van der Waals surface area contributed by atoms with Gasteiger partial charge in [0.25, 0.3) is 5.91 Å². The Hall–Kier alpha value is -2.52. The maximum absolute atomic E-state index is 13.1. The Labute approximate surface area is 167 Å². The van der Waals surface area contributed by atoms with Crippen molar-refractivity contribution >= 4 is 34.8 Å². The fraction of sp³-hybridized carbons (Fsp3) is 0.235. The molecule has 0 saturated heterocycles. The summed E-state index contributed by atoms with van der Waals surface area (Å²) in [6, 6.07) is 5.72. The highest BCUT2D eigenvalue weighted by Gasteiger charge is 2.35. The van der Waals surface area contributed by atoms with Gasteiger partial charge in [-0.1, -0.05) is 23.2 Å². The third-order valence-electron chi connectivity index (χ3n) is 3.79. The molecule has 0 radical (unpaired) electrons. The van der Waals surface area contributed by atoms with E-state index >= 15 is 0 Å². The van der Waals surface area contributed by atoms with Gasteiger partial charge >= 0.3 is 6.18 Å². The zero-order valence-electron chi connectivity index (χ0n) is 14.3. The van der Waals surface area contributed by atoms with Crippen LogP contribution in [0.15, 0.2) is 30.5 Å². The topological polar surface area (TPSA) is 68.5 Å². The largest absolute Gasteiger partial charge is 0.484 e. The molecule has 1 aromatic carbocycles. The van der Waals surface area contributed by atoms with Gasteiger partial charge in [0.1, 0.15) is 11.3 Å². The second-order valence-corrected chi connectivity index (χ2v) is 6.70. The molecular weight excluding hydrogens is 420 g/mol. The zero-order chi connectivity index (χ0) is 20.5. The minimum atomic E-state index is -4.63. The molecular formula is C17H13Cl2F3N4O2. The quantitative estimate of drug-likeness (QED) is 0.659. The van der Waals surface area contributed by atoms with Crippen molar-refractivity contribution in [1.82, 2.24) is 19.9 Å². The first-order valence-electron chi connectivity index (χ1n) is 7.91. The Morgan fingerprint density at radius 2 is 2.00 bits per heavy atom. The number of benzene rings is 1. The van der Waals surface area contributed by atoms with Crippen LogP contribution in [0.1, 0.15) is 17.0 Å². The Morgan fingerprint density at radius 3 is 2.68 bits per heavy atom. The summed E-state index contributed by atoms with van der Waals surface area (Å²) >= 11 is 11.7. The highest BCUT2D eigenvalue weighted by Crippen LogP contribution is 2.33. The Kier molecular flexibility index (Phi) is 5.66. The predicted molar refractivity (Wildman–Crippen MR) is 96.5 cm³/mol. The SMILES string of the molecule is Cc1cc(OCC(=O)NCc2nnc3c(C(F)(F)F)cc(Cl)cn23)ccc1Cl. The lowest BCUT2D eigenvalue weighted by molar-refractivity contribution is -0.136. The van der Waals surface area contributed by atoms with E-state index in [4.69, 9.17) is 27.9 Å². The molecule has 0 aliphatic carbocycles. The van der Waals surface area contributed by atoms with E-state index in [2.05, 4.69) is 15.5 Å². The molecule has 0 unspecified atom stereocenters.